The van der Waals surface area contributed by atoms with Crippen molar-refractivity contribution in [3.63, 3.8) is 0 Å². The zero-order valence-corrected chi connectivity index (χ0v) is 22.8. The quantitative estimate of drug-likeness (QED) is 0.157. The number of methoxy groups -OCH3 is 1. The van der Waals surface area contributed by atoms with Gasteiger partial charge in [-0.15, -0.1) is 0 Å². The molecule has 1 amide bonds. The molecule has 1 aromatic heterocycles. The topological polar surface area (TPSA) is 89.2 Å². The molecule has 1 aliphatic heterocycles. The Bertz CT molecular complexity index is 1520. The van der Waals surface area contributed by atoms with Gasteiger partial charge in [-0.2, -0.15) is 0 Å². The van der Waals surface area contributed by atoms with Gasteiger partial charge in [-0.25, -0.2) is 0 Å². The van der Waals surface area contributed by atoms with Crippen molar-refractivity contribution >= 4 is 22.7 Å². The number of aliphatic hydroxyl groups is 1. The van der Waals surface area contributed by atoms with Gasteiger partial charge in [0.25, 0.3) is 5.91 Å². The van der Waals surface area contributed by atoms with Crippen LogP contribution in [0.5, 0.6) is 11.5 Å². The molecule has 0 saturated carbocycles. The smallest absolute Gasteiger partial charge is 0.290 e. The lowest BCUT2D eigenvalue weighted by atomic mass is 9.94. The van der Waals surface area contributed by atoms with Gasteiger partial charge in [-0.1, -0.05) is 74.4 Å². The van der Waals surface area contributed by atoms with Crippen LogP contribution in [0.15, 0.2) is 94.6 Å². The van der Waals surface area contributed by atoms with Gasteiger partial charge in [0.1, 0.15) is 5.75 Å². The first kappa shape index (κ1) is 27.1. The Kier molecular flexibility index (Phi) is 8.20. The largest absolute Gasteiger partial charge is 0.503 e. The van der Waals surface area contributed by atoms with E-state index in [4.69, 9.17) is 13.9 Å². The van der Waals surface area contributed by atoms with E-state index in [1.165, 1.54) is 7.11 Å². The maximum Gasteiger partial charge on any atom is 0.290 e. The monoisotopic (exact) mass is 539 g/mol. The van der Waals surface area contributed by atoms with Gasteiger partial charge in [0.15, 0.2) is 22.9 Å². The minimum atomic E-state index is -0.784. The van der Waals surface area contributed by atoms with E-state index >= 15 is 0 Å². The molecule has 206 valence electrons. The lowest BCUT2D eigenvalue weighted by molar-refractivity contribution is -0.129. The summed E-state index contributed by atoms with van der Waals surface area (Å²) in [4.78, 5) is 28.8. The molecule has 1 N–H and O–H groups in total. The number of unbranched alkanes of at least 4 members (excludes halogenated alkanes) is 2. The zero-order valence-electron chi connectivity index (χ0n) is 22.8. The number of carbonyl (C=O) groups excluding carboxylic acids is 2. The third kappa shape index (κ3) is 5.45. The number of furan rings is 1. The van der Waals surface area contributed by atoms with Crippen LogP contribution in [0.2, 0.25) is 0 Å². The number of para-hydroxylation sites is 1. The normalized spacial score (nSPS) is 15.2. The fourth-order valence-corrected chi connectivity index (χ4v) is 5.09. The summed E-state index contributed by atoms with van der Waals surface area (Å²) >= 11 is 0. The van der Waals surface area contributed by atoms with Crippen LogP contribution in [-0.4, -0.2) is 42.0 Å². The second-order valence-corrected chi connectivity index (χ2v) is 9.84. The number of aliphatic hydroxyl groups excluding tert-OH is 1. The Morgan fingerprint density at radius 2 is 1.77 bits per heavy atom. The SMILES string of the molecule is CCCCCOc1ccc(C2C(C(=O)c3cc4cccc(OC)c4o3)=C(O)C(=O)N2CCc2ccccc2)cc1. The van der Waals surface area contributed by atoms with Crippen molar-refractivity contribution in [2.75, 3.05) is 20.3 Å². The molecule has 0 spiro atoms. The average Bonchev–Trinajstić information content (AvgIpc) is 3.54. The van der Waals surface area contributed by atoms with E-state index in [2.05, 4.69) is 6.92 Å². The first-order chi connectivity index (χ1) is 19.5. The molecule has 3 aromatic carbocycles. The maximum atomic E-state index is 13.9. The fraction of sp³-hybridized carbons (Fsp3) is 0.273. The summed E-state index contributed by atoms with van der Waals surface area (Å²) in [5, 5.41) is 11.8. The molecular formula is C33H33NO6. The maximum absolute atomic E-state index is 13.9. The number of rotatable bonds is 12. The van der Waals surface area contributed by atoms with Gasteiger partial charge >= 0.3 is 0 Å². The first-order valence-electron chi connectivity index (χ1n) is 13.6. The van der Waals surface area contributed by atoms with E-state index in [0.717, 1.165) is 24.8 Å². The molecule has 40 heavy (non-hydrogen) atoms. The third-order valence-electron chi connectivity index (χ3n) is 7.20. The van der Waals surface area contributed by atoms with Crippen LogP contribution in [0.1, 0.15) is 53.9 Å². The molecule has 7 heteroatoms. The van der Waals surface area contributed by atoms with Gasteiger partial charge in [-0.3, -0.25) is 9.59 Å². The molecular weight excluding hydrogens is 506 g/mol. The Balaban J connectivity index is 1.48. The van der Waals surface area contributed by atoms with Gasteiger partial charge in [0.2, 0.25) is 5.78 Å². The number of nitrogens with zero attached hydrogens (tertiary/aromatic N) is 1. The molecule has 0 bridgehead atoms. The number of fused-ring (bicyclic) bond motifs is 1. The lowest BCUT2D eigenvalue weighted by Gasteiger charge is -2.27. The molecule has 0 aliphatic carbocycles. The van der Waals surface area contributed by atoms with Crippen molar-refractivity contribution in [2.24, 2.45) is 0 Å². The fourth-order valence-electron chi connectivity index (χ4n) is 5.09. The molecule has 1 atom stereocenters. The van der Waals surface area contributed by atoms with Crippen LogP contribution in [0.4, 0.5) is 0 Å². The predicted molar refractivity (Wildman–Crippen MR) is 153 cm³/mol. The van der Waals surface area contributed by atoms with Gasteiger partial charge < -0.3 is 23.9 Å². The van der Waals surface area contributed by atoms with Crippen molar-refractivity contribution < 1.29 is 28.6 Å². The van der Waals surface area contributed by atoms with Gasteiger partial charge in [0, 0.05) is 11.9 Å². The van der Waals surface area contributed by atoms with Crippen LogP contribution in [0.3, 0.4) is 0 Å². The van der Waals surface area contributed by atoms with E-state index in [-0.39, 0.29) is 11.3 Å². The predicted octanol–water partition coefficient (Wildman–Crippen LogP) is 6.83. The summed E-state index contributed by atoms with van der Waals surface area (Å²) in [6.45, 7) is 3.08. The van der Waals surface area contributed by atoms with E-state index in [1.807, 2.05) is 60.7 Å². The van der Waals surface area contributed by atoms with E-state index in [0.29, 0.717) is 47.6 Å². The summed E-state index contributed by atoms with van der Waals surface area (Å²) in [5.41, 5.74) is 2.17. The minimum absolute atomic E-state index is 0.00676. The van der Waals surface area contributed by atoms with E-state index in [9.17, 15) is 14.7 Å². The highest BCUT2D eigenvalue weighted by Crippen LogP contribution is 2.40. The molecule has 0 fully saturated rings. The first-order valence-corrected chi connectivity index (χ1v) is 13.6. The molecule has 5 rings (SSSR count). The van der Waals surface area contributed by atoms with Crippen LogP contribution < -0.4 is 9.47 Å². The average molecular weight is 540 g/mol. The second-order valence-electron chi connectivity index (χ2n) is 9.84. The highest BCUT2D eigenvalue weighted by molar-refractivity contribution is 6.16. The number of hydrogen-bond acceptors (Lipinski definition) is 6. The summed E-state index contributed by atoms with van der Waals surface area (Å²) in [6, 6.07) is 23.4. The van der Waals surface area contributed by atoms with Crippen LogP contribution in [0, 0.1) is 0 Å². The van der Waals surface area contributed by atoms with Crippen LogP contribution in [0.25, 0.3) is 11.0 Å². The summed E-state index contributed by atoms with van der Waals surface area (Å²) in [5.74, 6) is -0.456. The van der Waals surface area contributed by atoms with Crippen molar-refractivity contribution in [3.05, 3.63) is 107 Å². The number of Topliss-reactive ketones (excluding diaryl/α,β-unsaturated/α-hetero) is 1. The molecule has 4 aromatic rings. The summed E-state index contributed by atoms with van der Waals surface area (Å²) < 4.78 is 17.2. The number of hydrogen-bond donors (Lipinski definition) is 1. The van der Waals surface area contributed by atoms with E-state index in [1.54, 1.807) is 23.1 Å². The van der Waals surface area contributed by atoms with E-state index < -0.39 is 23.5 Å². The Morgan fingerprint density at radius 1 is 1.00 bits per heavy atom. The highest BCUT2D eigenvalue weighted by atomic mass is 16.5. The Labute approximate surface area is 233 Å². The van der Waals surface area contributed by atoms with Crippen molar-refractivity contribution in [1.82, 2.24) is 4.90 Å². The van der Waals surface area contributed by atoms with Gasteiger partial charge in [-0.05, 0) is 48.2 Å². The number of amides is 1. The Morgan fingerprint density at radius 3 is 2.50 bits per heavy atom. The standard InChI is InChI=1S/C33H33NO6/c1-3-4-8-20-39-25-16-14-23(15-17-25)29-28(30(35)27-21-24-12-9-13-26(38-2)32(24)40-27)31(36)33(37)34(29)19-18-22-10-6-5-7-11-22/h5-7,9-17,21,29,36H,3-4,8,18-20H2,1-2H3. The van der Waals surface area contributed by atoms with Crippen LogP contribution in [-0.2, 0) is 11.2 Å². The highest BCUT2D eigenvalue weighted by Gasteiger charge is 2.44. The number of benzene rings is 3. The zero-order chi connectivity index (χ0) is 28.1. The summed E-state index contributed by atoms with van der Waals surface area (Å²) in [6.07, 6.45) is 3.75. The molecule has 1 aliphatic rings. The lowest BCUT2D eigenvalue weighted by Crippen LogP contribution is -2.33. The van der Waals surface area contributed by atoms with Gasteiger partial charge in [0.05, 0.1) is 25.3 Å². The Hall–Kier alpha value is -4.52. The molecule has 0 radical (unpaired) electrons. The number of ether oxygens (including phenoxy) is 2. The molecule has 1 unspecified atom stereocenters. The number of carbonyl (C=O) groups is 2. The number of ketones is 1. The second kappa shape index (κ2) is 12.1. The summed E-state index contributed by atoms with van der Waals surface area (Å²) in [7, 11) is 1.53. The molecule has 2 heterocycles. The van der Waals surface area contributed by atoms with Crippen molar-refractivity contribution in [2.45, 2.75) is 38.6 Å². The minimum Gasteiger partial charge on any atom is -0.503 e. The molecule has 0 saturated heterocycles. The van der Waals surface area contributed by atoms with Crippen molar-refractivity contribution in [3.8, 4) is 11.5 Å². The third-order valence-corrected chi connectivity index (χ3v) is 7.20. The van der Waals surface area contributed by atoms with Crippen molar-refractivity contribution in [1.29, 1.82) is 0 Å². The molecule has 7 nitrogen and oxygen atoms in total. The van der Waals surface area contributed by atoms with Crippen LogP contribution >= 0.6 is 0 Å².